The summed E-state index contributed by atoms with van der Waals surface area (Å²) in [6.07, 6.45) is 1.70. The topological polar surface area (TPSA) is 87.1 Å². The number of benzene rings is 2. The van der Waals surface area contributed by atoms with Gasteiger partial charge < -0.3 is 14.9 Å². The van der Waals surface area contributed by atoms with Crippen LogP contribution in [0.25, 0.3) is 6.08 Å². The fourth-order valence-electron chi connectivity index (χ4n) is 2.28. The van der Waals surface area contributed by atoms with Crippen LogP contribution in [0.3, 0.4) is 0 Å². The molecule has 2 N–H and O–H groups in total. The second-order valence-electron chi connectivity index (χ2n) is 5.29. The van der Waals surface area contributed by atoms with Crippen molar-refractivity contribution < 1.29 is 24.5 Å². The van der Waals surface area contributed by atoms with E-state index in [1.54, 1.807) is 42.5 Å². The first-order chi connectivity index (χ1) is 12.4. The van der Waals surface area contributed by atoms with E-state index in [9.17, 15) is 14.7 Å². The van der Waals surface area contributed by atoms with Crippen molar-refractivity contribution in [3.63, 3.8) is 0 Å². The molecule has 0 bridgehead atoms. The van der Waals surface area contributed by atoms with Gasteiger partial charge in [-0.1, -0.05) is 42.2 Å². The first-order valence-electron chi connectivity index (χ1n) is 7.46. The van der Waals surface area contributed by atoms with Gasteiger partial charge in [-0.2, -0.15) is 0 Å². The number of amides is 1. The molecule has 26 heavy (non-hydrogen) atoms. The van der Waals surface area contributed by atoms with E-state index in [1.807, 2.05) is 0 Å². The van der Waals surface area contributed by atoms with Gasteiger partial charge in [-0.25, -0.2) is 4.79 Å². The molecule has 0 spiro atoms. The van der Waals surface area contributed by atoms with Crippen molar-refractivity contribution in [3.05, 3.63) is 59.0 Å². The predicted molar refractivity (Wildman–Crippen MR) is 103 cm³/mol. The van der Waals surface area contributed by atoms with Gasteiger partial charge in [0.2, 0.25) is 0 Å². The van der Waals surface area contributed by atoms with E-state index in [4.69, 9.17) is 22.1 Å². The van der Waals surface area contributed by atoms with E-state index in [0.717, 1.165) is 5.56 Å². The molecule has 132 valence electrons. The molecular formula is C18H13NO5S2. The van der Waals surface area contributed by atoms with Crippen molar-refractivity contribution in [2.45, 2.75) is 0 Å². The lowest BCUT2D eigenvalue weighted by Gasteiger charge is -2.14. The van der Waals surface area contributed by atoms with Crippen LogP contribution in [0.5, 0.6) is 11.5 Å². The third-order valence-corrected chi connectivity index (χ3v) is 4.72. The average molecular weight is 387 g/mol. The van der Waals surface area contributed by atoms with Crippen molar-refractivity contribution >= 4 is 51.9 Å². The molecule has 1 amide bonds. The Balaban J connectivity index is 1.78. The summed E-state index contributed by atoms with van der Waals surface area (Å²) in [5.41, 5.74) is 1.26. The predicted octanol–water partition coefficient (Wildman–Crippen LogP) is 3.26. The molecule has 1 aliphatic rings. The molecule has 1 saturated heterocycles. The van der Waals surface area contributed by atoms with Gasteiger partial charge in [0.1, 0.15) is 11.5 Å². The average Bonchev–Trinajstić information content (AvgIpc) is 2.88. The molecule has 1 heterocycles. The maximum Gasteiger partial charge on any atom is 0.341 e. The van der Waals surface area contributed by atoms with Crippen molar-refractivity contribution in [1.29, 1.82) is 0 Å². The van der Waals surface area contributed by atoms with Gasteiger partial charge in [0.15, 0.2) is 10.9 Å². The number of thioether (sulfide) groups is 1. The number of phenols is 1. The van der Waals surface area contributed by atoms with Crippen molar-refractivity contribution in [3.8, 4) is 11.5 Å². The number of nitrogens with zero attached hydrogens (tertiary/aromatic N) is 1. The van der Waals surface area contributed by atoms with E-state index in [1.165, 1.54) is 28.8 Å². The smallest absolute Gasteiger partial charge is 0.341 e. The highest BCUT2D eigenvalue weighted by atomic mass is 32.2. The first kappa shape index (κ1) is 18.0. The minimum atomic E-state index is -1.05. The number of aromatic hydroxyl groups is 1. The lowest BCUT2D eigenvalue weighted by atomic mass is 10.2. The van der Waals surface area contributed by atoms with Crippen molar-refractivity contribution in [1.82, 2.24) is 0 Å². The lowest BCUT2D eigenvalue weighted by molar-refractivity contribution is -0.139. The Bertz CT molecular complexity index is 908. The van der Waals surface area contributed by atoms with Gasteiger partial charge in [-0.3, -0.25) is 9.69 Å². The van der Waals surface area contributed by atoms with Crippen molar-refractivity contribution in [2.24, 2.45) is 0 Å². The van der Waals surface area contributed by atoms with Gasteiger partial charge in [-0.05, 0) is 35.9 Å². The van der Waals surface area contributed by atoms with Crippen LogP contribution < -0.4 is 9.64 Å². The van der Waals surface area contributed by atoms with Gasteiger partial charge in [0.25, 0.3) is 5.91 Å². The van der Waals surface area contributed by atoms with Crippen LogP contribution in [0, 0.1) is 0 Å². The zero-order valence-electron chi connectivity index (χ0n) is 13.3. The number of carboxylic acids is 1. The van der Waals surface area contributed by atoms with E-state index in [-0.39, 0.29) is 11.7 Å². The number of carboxylic acid groups (broad SMARTS) is 1. The molecule has 3 rings (SSSR count). The number of hydrogen-bond donors (Lipinski definition) is 2. The Morgan fingerprint density at radius 1 is 1.23 bits per heavy atom. The molecule has 0 aliphatic carbocycles. The third-order valence-electron chi connectivity index (χ3n) is 3.42. The number of hydrogen-bond acceptors (Lipinski definition) is 6. The number of ether oxygens (including phenoxy) is 1. The first-order valence-corrected chi connectivity index (χ1v) is 8.68. The van der Waals surface area contributed by atoms with E-state index in [0.29, 0.717) is 20.7 Å². The molecule has 2 aromatic rings. The molecule has 1 fully saturated rings. The highest BCUT2D eigenvalue weighted by Crippen LogP contribution is 2.36. The summed E-state index contributed by atoms with van der Waals surface area (Å²) in [5, 5.41) is 18.2. The SMILES string of the molecule is O=C(O)COc1ccc(/C=C2\SC(=S)N(c3cccc(O)c3)C2=O)cc1. The Morgan fingerprint density at radius 2 is 1.96 bits per heavy atom. The van der Waals surface area contributed by atoms with E-state index >= 15 is 0 Å². The second-order valence-corrected chi connectivity index (χ2v) is 6.96. The highest BCUT2D eigenvalue weighted by molar-refractivity contribution is 8.27. The Morgan fingerprint density at radius 3 is 2.62 bits per heavy atom. The van der Waals surface area contributed by atoms with Crippen LogP contribution in [-0.2, 0) is 9.59 Å². The normalized spacial score (nSPS) is 15.5. The number of thiocarbonyl (C=S) groups is 1. The Hall–Kier alpha value is -2.84. The third kappa shape index (κ3) is 4.04. The molecular weight excluding hydrogens is 374 g/mol. The Labute approximate surface area is 158 Å². The van der Waals surface area contributed by atoms with Crippen LogP contribution in [0.2, 0.25) is 0 Å². The van der Waals surface area contributed by atoms with Gasteiger partial charge in [-0.15, -0.1) is 0 Å². The summed E-state index contributed by atoms with van der Waals surface area (Å²) in [7, 11) is 0. The van der Waals surface area contributed by atoms with Crippen molar-refractivity contribution in [2.75, 3.05) is 11.5 Å². The van der Waals surface area contributed by atoms with E-state index in [2.05, 4.69) is 0 Å². The van der Waals surface area contributed by atoms with Gasteiger partial charge in [0, 0.05) is 6.07 Å². The number of rotatable bonds is 5. The fourth-order valence-corrected chi connectivity index (χ4v) is 3.58. The molecule has 0 atom stereocenters. The number of carbonyl (C=O) groups excluding carboxylic acids is 1. The molecule has 2 aromatic carbocycles. The zero-order chi connectivity index (χ0) is 18.7. The summed E-state index contributed by atoms with van der Waals surface area (Å²) >= 11 is 6.46. The van der Waals surface area contributed by atoms with Crippen LogP contribution in [0.4, 0.5) is 5.69 Å². The van der Waals surface area contributed by atoms with Gasteiger partial charge in [0.05, 0.1) is 10.6 Å². The Kier molecular flexibility index (Phi) is 5.24. The largest absolute Gasteiger partial charge is 0.508 e. The number of anilines is 1. The summed E-state index contributed by atoms with van der Waals surface area (Å²) in [5.74, 6) is -0.837. The fraction of sp³-hybridized carbons (Fsp3) is 0.0556. The van der Waals surface area contributed by atoms with Gasteiger partial charge >= 0.3 is 5.97 Å². The van der Waals surface area contributed by atoms with Crippen LogP contribution >= 0.6 is 24.0 Å². The molecule has 8 heteroatoms. The number of aliphatic carboxylic acids is 1. The van der Waals surface area contributed by atoms with Crippen LogP contribution in [0.1, 0.15) is 5.56 Å². The minimum Gasteiger partial charge on any atom is -0.508 e. The maximum atomic E-state index is 12.7. The number of carbonyl (C=O) groups is 2. The lowest BCUT2D eigenvalue weighted by Crippen LogP contribution is -2.27. The standard InChI is InChI=1S/C18H13NO5S2/c20-13-3-1-2-12(9-13)19-17(23)15(26-18(19)25)8-11-4-6-14(7-5-11)24-10-16(21)22/h1-9,20H,10H2,(H,21,22)/b15-8-. The molecule has 6 nitrogen and oxygen atoms in total. The quantitative estimate of drug-likeness (QED) is 0.601. The minimum absolute atomic E-state index is 0.0532. The summed E-state index contributed by atoms with van der Waals surface area (Å²) < 4.78 is 5.45. The summed E-state index contributed by atoms with van der Waals surface area (Å²) in [4.78, 5) is 25.0. The van der Waals surface area contributed by atoms with E-state index < -0.39 is 12.6 Å². The molecule has 1 aliphatic heterocycles. The molecule has 0 aromatic heterocycles. The van der Waals surface area contributed by atoms with Crippen LogP contribution in [-0.4, -0.2) is 33.0 Å². The van der Waals surface area contributed by atoms with Crippen LogP contribution in [0.15, 0.2) is 53.4 Å². The maximum absolute atomic E-state index is 12.7. The summed E-state index contributed by atoms with van der Waals surface area (Å²) in [6.45, 7) is -0.415. The molecule has 0 unspecified atom stereocenters. The molecule has 0 saturated carbocycles. The highest BCUT2D eigenvalue weighted by Gasteiger charge is 2.33. The zero-order valence-corrected chi connectivity index (χ0v) is 14.9. The summed E-state index contributed by atoms with van der Waals surface area (Å²) in [6, 6.07) is 13.0. The monoisotopic (exact) mass is 387 g/mol. The number of phenolic OH excluding ortho intramolecular Hbond substituents is 1. The molecule has 0 radical (unpaired) electrons. The second kappa shape index (κ2) is 7.59.